The van der Waals surface area contributed by atoms with E-state index in [1.54, 1.807) is 7.11 Å². The van der Waals surface area contributed by atoms with Crippen molar-refractivity contribution in [2.75, 3.05) is 20.3 Å². The zero-order chi connectivity index (χ0) is 12.1. The summed E-state index contributed by atoms with van der Waals surface area (Å²) in [5.41, 5.74) is 1.08. The fraction of sp³-hybridized carbons (Fsp3) is 0.308. The van der Waals surface area contributed by atoms with Crippen LogP contribution < -0.4 is 5.32 Å². The van der Waals surface area contributed by atoms with E-state index in [4.69, 9.17) is 4.74 Å². The van der Waals surface area contributed by atoms with Crippen LogP contribution in [0.1, 0.15) is 0 Å². The standard InChI is InChI=1S/C13H16N2O2/c1-17-9-7-14-13(16)10-15-8-6-11-4-2-3-5-12(11)15/h2-6,8H,7,9-10H2,1H3,(H,14,16). The molecule has 90 valence electrons. The number of amides is 1. The predicted molar refractivity (Wildman–Crippen MR) is 66.8 cm³/mol. The highest BCUT2D eigenvalue weighted by molar-refractivity contribution is 5.83. The normalized spacial score (nSPS) is 10.6. The molecule has 0 aliphatic carbocycles. The Balaban J connectivity index is 2.01. The van der Waals surface area contributed by atoms with Crippen LogP contribution in [0.4, 0.5) is 0 Å². The van der Waals surface area contributed by atoms with Crippen molar-refractivity contribution in [3.05, 3.63) is 36.5 Å². The van der Waals surface area contributed by atoms with Crippen molar-refractivity contribution >= 4 is 16.8 Å². The molecule has 1 N–H and O–H groups in total. The smallest absolute Gasteiger partial charge is 0.240 e. The number of fused-ring (bicyclic) bond motifs is 1. The molecule has 1 amide bonds. The summed E-state index contributed by atoms with van der Waals surface area (Å²) in [6.07, 6.45) is 1.93. The van der Waals surface area contributed by atoms with Crippen LogP contribution in [0.5, 0.6) is 0 Å². The molecule has 0 saturated heterocycles. The highest BCUT2D eigenvalue weighted by Gasteiger charge is 2.04. The molecule has 0 atom stereocenters. The summed E-state index contributed by atoms with van der Waals surface area (Å²) >= 11 is 0. The maximum absolute atomic E-state index is 11.6. The van der Waals surface area contributed by atoms with E-state index in [0.717, 1.165) is 10.9 Å². The quantitative estimate of drug-likeness (QED) is 0.792. The molecule has 4 heteroatoms. The molecule has 1 heterocycles. The van der Waals surface area contributed by atoms with Crippen LogP contribution >= 0.6 is 0 Å². The molecular formula is C13H16N2O2. The van der Waals surface area contributed by atoms with Crippen LogP contribution in [0.2, 0.25) is 0 Å². The average Bonchev–Trinajstić information content (AvgIpc) is 2.73. The van der Waals surface area contributed by atoms with Crippen molar-refractivity contribution in [2.24, 2.45) is 0 Å². The molecule has 0 bridgehead atoms. The number of hydrogen-bond donors (Lipinski definition) is 1. The second kappa shape index (κ2) is 5.50. The van der Waals surface area contributed by atoms with Gasteiger partial charge in [0.05, 0.1) is 6.61 Å². The zero-order valence-electron chi connectivity index (χ0n) is 9.85. The summed E-state index contributed by atoms with van der Waals surface area (Å²) in [4.78, 5) is 11.6. The van der Waals surface area contributed by atoms with Crippen LogP contribution in [-0.2, 0) is 16.1 Å². The molecule has 0 aliphatic rings. The number of carbonyl (C=O) groups is 1. The number of rotatable bonds is 5. The van der Waals surface area contributed by atoms with Gasteiger partial charge in [0.2, 0.25) is 5.91 Å². The number of carbonyl (C=O) groups excluding carboxylic acids is 1. The number of methoxy groups -OCH3 is 1. The third-order valence-corrected chi connectivity index (χ3v) is 2.62. The lowest BCUT2D eigenvalue weighted by molar-refractivity contribution is -0.121. The largest absolute Gasteiger partial charge is 0.383 e. The van der Waals surface area contributed by atoms with Crippen molar-refractivity contribution < 1.29 is 9.53 Å². The van der Waals surface area contributed by atoms with Gasteiger partial charge in [-0.25, -0.2) is 0 Å². The fourth-order valence-corrected chi connectivity index (χ4v) is 1.78. The molecule has 4 nitrogen and oxygen atoms in total. The molecule has 0 saturated carbocycles. The summed E-state index contributed by atoms with van der Waals surface area (Å²) in [5, 5.41) is 3.95. The first kappa shape index (κ1) is 11.7. The second-order valence-corrected chi connectivity index (χ2v) is 3.85. The van der Waals surface area contributed by atoms with Gasteiger partial charge in [0, 0.05) is 25.4 Å². The number of para-hydroxylation sites is 1. The van der Waals surface area contributed by atoms with Crippen LogP contribution in [0, 0.1) is 0 Å². The molecule has 0 radical (unpaired) electrons. The van der Waals surface area contributed by atoms with Crippen molar-refractivity contribution in [3.8, 4) is 0 Å². The lowest BCUT2D eigenvalue weighted by Crippen LogP contribution is -2.30. The van der Waals surface area contributed by atoms with Crippen molar-refractivity contribution in [1.29, 1.82) is 0 Å². The van der Waals surface area contributed by atoms with Gasteiger partial charge in [-0.05, 0) is 17.5 Å². The SMILES string of the molecule is COCCNC(=O)Cn1ccc2ccccc21. The minimum atomic E-state index is 0.00315. The Morgan fingerprint density at radius 3 is 3.00 bits per heavy atom. The Bertz CT molecular complexity index is 505. The molecule has 0 unspecified atom stereocenters. The van der Waals surface area contributed by atoms with Crippen molar-refractivity contribution in [1.82, 2.24) is 9.88 Å². The lowest BCUT2D eigenvalue weighted by atomic mass is 10.2. The van der Waals surface area contributed by atoms with Crippen molar-refractivity contribution in [2.45, 2.75) is 6.54 Å². The van der Waals surface area contributed by atoms with Crippen LogP contribution in [0.3, 0.4) is 0 Å². The topological polar surface area (TPSA) is 43.3 Å². The summed E-state index contributed by atoms with van der Waals surface area (Å²) in [6, 6.07) is 10.0. The first-order valence-electron chi connectivity index (χ1n) is 5.61. The average molecular weight is 232 g/mol. The maximum atomic E-state index is 11.6. The number of aromatic nitrogens is 1. The predicted octanol–water partition coefficient (Wildman–Crippen LogP) is 1.40. The van der Waals surface area contributed by atoms with Gasteiger partial charge in [0.25, 0.3) is 0 Å². The minimum absolute atomic E-state index is 0.00315. The van der Waals surface area contributed by atoms with Gasteiger partial charge in [-0.3, -0.25) is 4.79 Å². The fourth-order valence-electron chi connectivity index (χ4n) is 1.78. The Morgan fingerprint density at radius 1 is 1.35 bits per heavy atom. The van der Waals surface area contributed by atoms with E-state index in [0.29, 0.717) is 19.7 Å². The van der Waals surface area contributed by atoms with Crippen LogP contribution in [-0.4, -0.2) is 30.7 Å². The van der Waals surface area contributed by atoms with Gasteiger partial charge in [-0.15, -0.1) is 0 Å². The number of benzene rings is 1. The summed E-state index contributed by atoms with van der Waals surface area (Å²) in [5.74, 6) is 0.00315. The third kappa shape index (κ3) is 2.85. The molecule has 2 rings (SSSR count). The number of nitrogens with one attached hydrogen (secondary N) is 1. The number of nitrogens with zero attached hydrogens (tertiary/aromatic N) is 1. The third-order valence-electron chi connectivity index (χ3n) is 2.62. The first-order valence-corrected chi connectivity index (χ1v) is 5.61. The highest BCUT2D eigenvalue weighted by atomic mass is 16.5. The Kier molecular flexibility index (Phi) is 3.77. The maximum Gasteiger partial charge on any atom is 0.240 e. The minimum Gasteiger partial charge on any atom is -0.383 e. The second-order valence-electron chi connectivity index (χ2n) is 3.85. The van der Waals surface area contributed by atoms with E-state index in [1.165, 1.54) is 0 Å². The lowest BCUT2D eigenvalue weighted by Gasteiger charge is -2.06. The van der Waals surface area contributed by atoms with E-state index < -0.39 is 0 Å². The summed E-state index contributed by atoms with van der Waals surface area (Å²) in [6.45, 7) is 1.43. The molecule has 1 aromatic carbocycles. The molecule has 0 aliphatic heterocycles. The van der Waals surface area contributed by atoms with E-state index >= 15 is 0 Å². The molecular weight excluding hydrogens is 216 g/mol. The molecule has 2 aromatic rings. The van der Waals surface area contributed by atoms with E-state index in [-0.39, 0.29) is 5.91 Å². The summed E-state index contributed by atoms with van der Waals surface area (Å²) in [7, 11) is 1.62. The van der Waals surface area contributed by atoms with Gasteiger partial charge in [-0.1, -0.05) is 18.2 Å². The van der Waals surface area contributed by atoms with E-state index in [9.17, 15) is 4.79 Å². The van der Waals surface area contributed by atoms with Crippen molar-refractivity contribution in [3.63, 3.8) is 0 Å². The van der Waals surface area contributed by atoms with E-state index in [2.05, 4.69) is 5.32 Å². The highest BCUT2D eigenvalue weighted by Crippen LogP contribution is 2.14. The summed E-state index contributed by atoms with van der Waals surface area (Å²) < 4.78 is 6.82. The number of hydrogen-bond acceptors (Lipinski definition) is 2. The Labute approximate surface area is 100 Å². The Hall–Kier alpha value is -1.81. The van der Waals surface area contributed by atoms with Gasteiger partial charge >= 0.3 is 0 Å². The monoisotopic (exact) mass is 232 g/mol. The molecule has 0 spiro atoms. The first-order chi connectivity index (χ1) is 8.31. The zero-order valence-corrected chi connectivity index (χ0v) is 9.85. The molecule has 17 heavy (non-hydrogen) atoms. The van der Waals surface area contributed by atoms with E-state index in [1.807, 2.05) is 41.1 Å². The van der Waals surface area contributed by atoms with Crippen LogP contribution in [0.25, 0.3) is 10.9 Å². The Morgan fingerprint density at radius 2 is 2.18 bits per heavy atom. The van der Waals surface area contributed by atoms with Crippen LogP contribution in [0.15, 0.2) is 36.5 Å². The molecule has 0 fully saturated rings. The number of ether oxygens (including phenoxy) is 1. The van der Waals surface area contributed by atoms with Gasteiger partial charge in [-0.2, -0.15) is 0 Å². The van der Waals surface area contributed by atoms with Gasteiger partial charge in [0.1, 0.15) is 6.54 Å². The molecule has 1 aromatic heterocycles. The van der Waals surface area contributed by atoms with Gasteiger partial charge < -0.3 is 14.6 Å². The van der Waals surface area contributed by atoms with Gasteiger partial charge in [0.15, 0.2) is 0 Å².